The molecule has 2 rings (SSSR count). The number of hydrogen-bond acceptors (Lipinski definition) is 3. The maximum atomic E-state index is 11.2. The lowest BCUT2D eigenvalue weighted by Crippen LogP contribution is -2.22. The molecule has 0 spiro atoms. The van der Waals surface area contributed by atoms with Crippen LogP contribution in [-0.4, -0.2) is 12.9 Å². The summed E-state index contributed by atoms with van der Waals surface area (Å²) in [5, 5.41) is 1.18. The van der Waals surface area contributed by atoms with E-state index in [-0.39, 0.29) is 6.79 Å². The van der Waals surface area contributed by atoms with Gasteiger partial charge in [0.05, 0.1) is 5.69 Å². The number of hydroxylamine groups is 1. The number of carbonyl (C=O) groups is 1. The summed E-state index contributed by atoms with van der Waals surface area (Å²) in [5.41, 5.74) is 2.80. The summed E-state index contributed by atoms with van der Waals surface area (Å²) in [6, 6.07) is 5.82. The average molecular weight is 193 g/mol. The predicted molar refractivity (Wildman–Crippen MR) is 50.8 cm³/mol. The fraction of sp³-hybridized carbons (Fsp3) is 0.300. The minimum atomic E-state index is -0.460. The molecule has 74 valence electrons. The van der Waals surface area contributed by atoms with Crippen LogP contribution in [0.15, 0.2) is 18.2 Å². The molecule has 1 saturated heterocycles. The van der Waals surface area contributed by atoms with Gasteiger partial charge in [-0.05, 0) is 31.0 Å². The number of cyclic esters (lactones) is 1. The highest BCUT2D eigenvalue weighted by atomic mass is 16.9. The van der Waals surface area contributed by atoms with E-state index >= 15 is 0 Å². The minimum Gasteiger partial charge on any atom is -0.418 e. The van der Waals surface area contributed by atoms with Gasteiger partial charge in [0.25, 0.3) is 0 Å². The standard InChI is InChI=1S/C10H11NO3/c1-7-3-4-8(2)9(5-7)11-10(12)13-6-14-11/h3-5H,6H2,1-2H3. The number of carbonyl (C=O) groups excluding carboxylic acids is 1. The summed E-state index contributed by atoms with van der Waals surface area (Å²) in [4.78, 5) is 16.3. The molecule has 0 radical (unpaired) electrons. The summed E-state index contributed by atoms with van der Waals surface area (Å²) in [6.45, 7) is 3.88. The van der Waals surface area contributed by atoms with E-state index in [1.165, 1.54) is 5.06 Å². The van der Waals surface area contributed by atoms with Crippen molar-refractivity contribution >= 4 is 11.8 Å². The van der Waals surface area contributed by atoms with E-state index in [0.29, 0.717) is 0 Å². The van der Waals surface area contributed by atoms with Crippen LogP contribution in [-0.2, 0) is 9.57 Å². The number of nitrogens with zero attached hydrogens (tertiary/aromatic N) is 1. The molecule has 1 amide bonds. The van der Waals surface area contributed by atoms with Gasteiger partial charge in [-0.15, -0.1) is 5.06 Å². The smallest absolute Gasteiger partial charge is 0.418 e. The third-order valence-corrected chi connectivity index (χ3v) is 2.11. The molecule has 1 aromatic rings. The van der Waals surface area contributed by atoms with Gasteiger partial charge >= 0.3 is 6.09 Å². The molecule has 1 heterocycles. The number of amides is 1. The molecule has 1 fully saturated rings. The molecule has 0 saturated carbocycles. The van der Waals surface area contributed by atoms with E-state index in [9.17, 15) is 4.79 Å². The Morgan fingerprint density at radius 1 is 1.36 bits per heavy atom. The third kappa shape index (κ3) is 1.44. The van der Waals surface area contributed by atoms with Gasteiger partial charge < -0.3 is 4.74 Å². The van der Waals surface area contributed by atoms with Crippen molar-refractivity contribution in [3.05, 3.63) is 29.3 Å². The number of benzene rings is 1. The van der Waals surface area contributed by atoms with E-state index < -0.39 is 6.09 Å². The quantitative estimate of drug-likeness (QED) is 0.686. The molecule has 1 aromatic carbocycles. The van der Waals surface area contributed by atoms with Crippen molar-refractivity contribution < 1.29 is 14.4 Å². The molecule has 4 nitrogen and oxygen atoms in total. The van der Waals surface area contributed by atoms with Gasteiger partial charge in [-0.3, -0.25) is 0 Å². The first-order valence-corrected chi connectivity index (χ1v) is 4.35. The first kappa shape index (κ1) is 9.02. The van der Waals surface area contributed by atoms with Crippen molar-refractivity contribution in [1.29, 1.82) is 0 Å². The van der Waals surface area contributed by atoms with Crippen LogP contribution in [0, 0.1) is 13.8 Å². The van der Waals surface area contributed by atoms with Crippen LogP contribution in [0.25, 0.3) is 0 Å². The Kier molecular flexibility index (Phi) is 2.13. The zero-order valence-electron chi connectivity index (χ0n) is 8.11. The van der Waals surface area contributed by atoms with Crippen molar-refractivity contribution in [2.75, 3.05) is 11.9 Å². The van der Waals surface area contributed by atoms with Crippen LogP contribution in [0.2, 0.25) is 0 Å². The number of aryl methyl sites for hydroxylation is 2. The van der Waals surface area contributed by atoms with Crippen molar-refractivity contribution in [2.45, 2.75) is 13.8 Å². The Bertz CT molecular complexity index is 376. The normalized spacial score (nSPS) is 15.9. The van der Waals surface area contributed by atoms with Gasteiger partial charge in [0.15, 0.2) is 0 Å². The molecular weight excluding hydrogens is 182 g/mol. The summed E-state index contributed by atoms with van der Waals surface area (Å²) >= 11 is 0. The van der Waals surface area contributed by atoms with Gasteiger partial charge in [-0.25, -0.2) is 9.63 Å². The second kappa shape index (κ2) is 3.31. The molecular formula is C10H11NO3. The second-order valence-electron chi connectivity index (χ2n) is 3.24. The highest BCUT2D eigenvalue weighted by Crippen LogP contribution is 2.24. The lowest BCUT2D eigenvalue weighted by atomic mass is 10.1. The van der Waals surface area contributed by atoms with Crippen molar-refractivity contribution in [3.63, 3.8) is 0 Å². The minimum absolute atomic E-state index is 0.00772. The van der Waals surface area contributed by atoms with E-state index in [1.54, 1.807) is 0 Å². The average Bonchev–Trinajstić information content (AvgIpc) is 2.56. The molecule has 0 bridgehead atoms. The van der Waals surface area contributed by atoms with Gasteiger partial charge in [0.2, 0.25) is 6.79 Å². The zero-order chi connectivity index (χ0) is 10.1. The van der Waals surface area contributed by atoms with Crippen LogP contribution in [0.1, 0.15) is 11.1 Å². The molecule has 0 aromatic heterocycles. The van der Waals surface area contributed by atoms with Crippen molar-refractivity contribution in [2.24, 2.45) is 0 Å². The van der Waals surface area contributed by atoms with Crippen LogP contribution >= 0.6 is 0 Å². The Morgan fingerprint density at radius 2 is 2.14 bits per heavy atom. The third-order valence-electron chi connectivity index (χ3n) is 2.11. The lowest BCUT2D eigenvalue weighted by Gasteiger charge is -2.13. The van der Waals surface area contributed by atoms with Crippen LogP contribution in [0.3, 0.4) is 0 Å². The van der Waals surface area contributed by atoms with E-state index in [4.69, 9.17) is 4.84 Å². The second-order valence-corrected chi connectivity index (χ2v) is 3.24. The molecule has 0 atom stereocenters. The Morgan fingerprint density at radius 3 is 2.79 bits per heavy atom. The molecule has 0 unspecified atom stereocenters. The highest BCUT2D eigenvalue weighted by molar-refractivity contribution is 5.87. The first-order valence-electron chi connectivity index (χ1n) is 4.35. The maximum absolute atomic E-state index is 11.2. The lowest BCUT2D eigenvalue weighted by molar-refractivity contribution is 0.0704. The summed E-state index contributed by atoms with van der Waals surface area (Å²) in [6.07, 6.45) is -0.460. The predicted octanol–water partition coefficient (Wildman–Crippen LogP) is 2.15. The van der Waals surface area contributed by atoms with Gasteiger partial charge in [-0.1, -0.05) is 12.1 Å². The Balaban J connectivity index is 2.39. The largest absolute Gasteiger partial charge is 0.441 e. The van der Waals surface area contributed by atoms with Gasteiger partial charge in [-0.2, -0.15) is 0 Å². The van der Waals surface area contributed by atoms with Crippen molar-refractivity contribution in [1.82, 2.24) is 0 Å². The van der Waals surface area contributed by atoms with Crippen LogP contribution in [0.5, 0.6) is 0 Å². The zero-order valence-corrected chi connectivity index (χ0v) is 8.11. The number of ether oxygens (including phenoxy) is 1. The maximum Gasteiger partial charge on any atom is 0.441 e. The van der Waals surface area contributed by atoms with Crippen LogP contribution in [0.4, 0.5) is 10.5 Å². The van der Waals surface area contributed by atoms with Gasteiger partial charge in [0.1, 0.15) is 0 Å². The Labute approximate surface area is 82.0 Å². The fourth-order valence-electron chi connectivity index (χ4n) is 1.35. The van der Waals surface area contributed by atoms with E-state index in [1.807, 2.05) is 32.0 Å². The Hall–Kier alpha value is -1.55. The molecule has 4 heteroatoms. The molecule has 14 heavy (non-hydrogen) atoms. The summed E-state index contributed by atoms with van der Waals surface area (Å²) < 4.78 is 4.68. The summed E-state index contributed by atoms with van der Waals surface area (Å²) in [7, 11) is 0. The molecule has 1 aliphatic heterocycles. The van der Waals surface area contributed by atoms with Crippen molar-refractivity contribution in [3.8, 4) is 0 Å². The SMILES string of the molecule is Cc1ccc(C)c(N2OCOC2=O)c1. The number of anilines is 1. The first-order chi connectivity index (χ1) is 6.68. The van der Waals surface area contributed by atoms with Crippen LogP contribution < -0.4 is 5.06 Å². The molecule has 0 aliphatic carbocycles. The number of hydrogen-bond donors (Lipinski definition) is 0. The summed E-state index contributed by atoms with van der Waals surface area (Å²) in [5.74, 6) is 0. The van der Waals surface area contributed by atoms with E-state index in [0.717, 1.165) is 16.8 Å². The highest BCUT2D eigenvalue weighted by Gasteiger charge is 2.26. The molecule has 1 aliphatic rings. The molecule has 0 N–H and O–H groups in total. The number of rotatable bonds is 1. The fourth-order valence-corrected chi connectivity index (χ4v) is 1.35. The monoisotopic (exact) mass is 193 g/mol. The topological polar surface area (TPSA) is 38.8 Å². The van der Waals surface area contributed by atoms with E-state index in [2.05, 4.69) is 4.74 Å². The van der Waals surface area contributed by atoms with Gasteiger partial charge in [0, 0.05) is 0 Å².